The second kappa shape index (κ2) is 8.51. The van der Waals surface area contributed by atoms with Crippen LogP contribution in [0.5, 0.6) is 5.75 Å². The van der Waals surface area contributed by atoms with Gasteiger partial charge in [0.2, 0.25) is 0 Å². The molecule has 0 aromatic heterocycles. The predicted molar refractivity (Wildman–Crippen MR) is 78.2 cm³/mol. The van der Waals surface area contributed by atoms with Crippen LogP contribution in [0.3, 0.4) is 0 Å². The van der Waals surface area contributed by atoms with Gasteiger partial charge in [-0.05, 0) is 38.9 Å². The highest BCUT2D eigenvalue weighted by Crippen LogP contribution is 2.28. The third-order valence-electron chi connectivity index (χ3n) is 2.88. The Morgan fingerprint density at radius 2 is 2.00 bits per heavy atom. The first-order chi connectivity index (χ1) is 8.69. The monoisotopic (exact) mass is 315 g/mol. The molecule has 0 radical (unpaired) electrons. The van der Waals surface area contributed by atoms with Gasteiger partial charge in [-0.25, -0.2) is 0 Å². The van der Waals surface area contributed by atoms with E-state index in [4.69, 9.17) is 9.47 Å². The Kier molecular flexibility index (Phi) is 7.32. The molecule has 0 heterocycles. The van der Waals surface area contributed by atoms with Crippen molar-refractivity contribution in [2.75, 3.05) is 27.4 Å². The number of halogens is 1. The fraction of sp³-hybridized carbons (Fsp3) is 0.571. The van der Waals surface area contributed by atoms with Gasteiger partial charge in [0.1, 0.15) is 5.75 Å². The molecule has 0 aliphatic carbocycles. The topological polar surface area (TPSA) is 30.5 Å². The van der Waals surface area contributed by atoms with Gasteiger partial charge in [-0.15, -0.1) is 0 Å². The SMILES string of the molecule is CNC(C)c1ccc(Br)cc1OCCCCOC. The van der Waals surface area contributed by atoms with Crippen molar-refractivity contribution in [2.24, 2.45) is 0 Å². The number of nitrogens with one attached hydrogen (secondary N) is 1. The zero-order valence-corrected chi connectivity index (χ0v) is 12.9. The zero-order chi connectivity index (χ0) is 13.4. The second-order valence-corrected chi connectivity index (χ2v) is 5.16. The minimum absolute atomic E-state index is 0.284. The minimum Gasteiger partial charge on any atom is -0.493 e. The van der Waals surface area contributed by atoms with Gasteiger partial charge in [0.15, 0.2) is 0 Å². The molecule has 0 spiro atoms. The molecule has 102 valence electrons. The molecule has 0 amide bonds. The van der Waals surface area contributed by atoms with Gasteiger partial charge in [0.05, 0.1) is 6.61 Å². The van der Waals surface area contributed by atoms with Crippen LogP contribution in [0, 0.1) is 0 Å². The van der Waals surface area contributed by atoms with Crippen LogP contribution in [-0.2, 0) is 4.74 Å². The van der Waals surface area contributed by atoms with Crippen LogP contribution in [-0.4, -0.2) is 27.4 Å². The van der Waals surface area contributed by atoms with Gasteiger partial charge in [-0.1, -0.05) is 22.0 Å². The molecule has 0 fully saturated rings. The number of hydrogen-bond acceptors (Lipinski definition) is 3. The second-order valence-electron chi connectivity index (χ2n) is 4.24. The van der Waals surface area contributed by atoms with Crippen molar-refractivity contribution >= 4 is 15.9 Å². The predicted octanol–water partition coefficient (Wildman–Crippen LogP) is 3.53. The van der Waals surface area contributed by atoms with Crippen molar-refractivity contribution in [2.45, 2.75) is 25.8 Å². The molecule has 1 N–H and O–H groups in total. The Labute approximate surface area is 118 Å². The average Bonchev–Trinajstić information content (AvgIpc) is 2.38. The zero-order valence-electron chi connectivity index (χ0n) is 11.3. The highest BCUT2D eigenvalue weighted by molar-refractivity contribution is 9.10. The first-order valence-electron chi connectivity index (χ1n) is 6.27. The largest absolute Gasteiger partial charge is 0.493 e. The van der Waals surface area contributed by atoms with Crippen LogP contribution in [0.25, 0.3) is 0 Å². The summed E-state index contributed by atoms with van der Waals surface area (Å²) in [5.41, 5.74) is 1.19. The van der Waals surface area contributed by atoms with Crippen LogP contribution in [0.15, 0.2) is 22.7 Å². The molecule has 1 aromatic rings. The molecular formula is C14H22BrNO2. The molecule has 0 saturated carbocycles. The van der Waals surface area contributed by atoms with E-state index in [9.17, 15) is 0 Å². The molecule has 18 heavy (non-hydrogen) atoms. The first kappa shape index (κ1) is 15.5. The summed E-state index contributed by atoms with van der Waals surface area (Å²) in [5.74, 6) is 0.948. The lowest BCUT2D eigenvalue weighted by Crippen LogP contribution is -2.14. The van der Waals surface area contributed by atoms with E-state index in [1.165, 1.54) is 5.56 Å². The summed E-state index contributed by atoms with van der Waals surface area (Å²) in [6, 6.07) is 6.45. The molecule has 0 aliphatic rings. The van der Waals surface area contributed by atoms with E-state index < -0.39 is 0 Å². The Balaban J connectivity index is 2.59. The Morgan fingerprint density at radius 3 is 2.67 bits per heavy atom. The van der Waals surface area contributed by atoms with E-state index in [1.807, 2.05) is 19.2 Å². The summed E-state index contributed by atoms with van der Waals surface area (Å²) >= 11 is 3.48. The van der Waals surface area contributed by atoms with Crippen molar-refractivity contribution in [3.8, 4) is 5.75 Å². The van der Waals surface area contributed by atoms with Gasteiger partial charge < -0.3 is 14.8 Å². The van der Waals surface area contributed by atoms with Gasteiger partial charge in [-0.2, -0.15) is 0 Å². The number of unbranched alkanes of at least 4 members (excludes halogenated alkanes) is 1. The Bertz CT molecular complexity index is 358. The fourth-order valence-electron chi connectivity index (χ4n) is 1.68. The van der Waals surface area contributed by atoms with E-state index in [-0.39, 0.29) is 6.04 Å². The number of rotatable bonds is 8. The van der Waals surface area contributed by atoms with Crippen molar-refractivity contribution in [3.05, 3.63) is 28.2 Å². The van der Waals surface area contributed by atoms with Crippen LogP contribution >= 0.6 is 15.9 Å². The normalized spacial score (nSPS) is 12.4. The number of hydrogen-bond donors (Lipinski definition) is 1. The Morgan fingerprint density at radius 1 is 1.28 bits per heavy atom. The molecule has 0 aliphatic heterocycles. The van der Waals surface area contributed by atoms with E-state index in [1.54, 1.807) is 7.11 Å². The smallest absolute Gasteiger partial charge is 0.125 e. The van der Waals surface area contributed by atoms with E-state index >= 15 is 0 Å². The Hall–Kier alpha value is -0.580. The van der Waals surface area contributed by atoms with Gasteiger partial charge in [0.25, 0.3) is 0 Å². The first-order valence-corrected chi connectivity index (χ1v) is 7.06. The average molecular weight is 316 g/mol. The van der Waals surface area contributed by atoms with Crippen LogP contribution in [0.2, 0.25) is 0 Å². The highest BCUT2D eigenvalue weighted by atomic mass is 79.9. The van der Waals surface area contributed by atoms with E-state index in [0.717, 1.165) is 36.3 Å². The lowest BCUT2D eigenvalue weighted by Gasteiger charge is -2.17. The van der Waals surface area contributed by atoms with Crippen molar-refractivity contribution in [1.82, 2.24) is 5.32 Å². The summed E-state index contributed by atoms with van der Waals surface area (Å²) in [6.07, 6.45) is 2.04. The number of methoxy groups -OCH3 is 1. The summed E-state index contributed by atoms with van der Waals surface area (Å²) in [5, 5.41) is 3.24. The molecule has 0 bridgehead atoms. The molecular weight excluding hydrogens is 294 g/mol. The molecule has 1 aromatic carbocycles. The third-order valence-corrected chi connectivity index (χ3v) is 3.37. The third kappa shape index (κ3) is 4.96. The van der Waals surface area contributed by atoms with Crippen LogP contribution < -0.4 is 10.1 Å². The molecule has 1 rings (SSSR count). The summed E-state index contributed by atoms with van der Waals surface area (Å²) in [4.78, 5) is 0. The number of benzene rings is 1. The summed E-state index contributed by atoms with van der Waals surface area (Å²) in [7, 11) is 3.68. The maximum Gasteiger partial charge on any atom is 0.125 e. The van der Waals surface area contributed by atoms with E-state index in [0.29, 0.717) is 0 Å². The fourth-order valence-corrected chi connectivity index (χ4v) is 2.02. The molecule has 4 heteroatoms. The van der Waals surface area contributed by atoms with Crippen molar-refractivity contribution < 1.29 is 9.47 Å². The lowest BCUT2D eigenvalue weighted by molar-refractivity contribution is 0.184. The highest BCUT2D eigenvalue weighted by Gasteiger charge is 2.10. The van der Waals surface area contributed by atoms with Gasteiger partial charge in [0, 0.05) is 29.8 Å². The molecule has 1 unspecified atom stereocenters. The van der Waals surface area contributed by atoms with Crippen LogP contribution in [0.4, 0.5) is 0 Å². The molecule has 1 atom stereocenters. The maximum atomic E-state index is 5.86. The van der Waals surface area contributed by atoms with Crippen molar-refractivity contribution in [1.29, 1.82) is 0 Å². The molecule has 3 nitrogen and oxygen atoms in total. The summed E-state index contributed by atoms with van der Waals surface area (Å²) < 4.78 is 11.9. The lowest BCUT2D eigenvalue weighted by atomic mass is 10.1. The summed E-state index contributed by atoms with van der Waals surface area (Å²) in [6.45, 7) is 3.64. The van der Waals surface area contributed by atoms with Crippen LogP contribution in [0.1, 0.15) is 31.4 Å². The van der Waals surface area contributed by atoms with E-state index in [2.05, 4.69) is 34.2 Å². The van der Waals surface area contributed by atoms with Gasteiger partial charge >= 0.3 is 0 Å². The number of ether oxygens (including phenoxy) is 2. The minimum atomic E-state index is 0.284. The van der Waals surface area contributed by atoms with Crippen molar-refractivity contribution in [3.63, 3.8) is 0 Å². The van der Waals surface area contributed by atoms with Gasteiger partial charge in [-0.3, -0.25) is 0 Å². The molecule has 0 saturated heterocycles. The maximum absolute atomic E-state index is 5.86. The standard InChI is InChI=1S/C14H22BrNO2/c1-11(16-2)13-7-6-12(15)10-14(13)18-9-5-4-8-17-3/h6-7,10-11,16H,4-5,8-9H2,1-3H3. The quantitative estimate of drug-likeness (QED) is 0.744.